The molecular weight excluding hydrogens is 347 g/mol. The van der Waals surface area contributed by atoms with E-state index in [4.69, 9.17) is 5.26 Å². The smallest absolute Gasteiger partial charge is 0.255 e. The molecule has 0 unspecified atom stereocenters. The highest BCUT2D eigenvalue weighted by atomic mass is 32.2. The van der Waals surface area contributed by atoms with Gasteiger partial charge in [0.2, 0.25) is 5.91 Å². The molecule has 2 amide bonds. The van der Waals surface area contributed by atoms with E-state index >= 15 is 0 Å². The molecule has 0 bridgehead atoms. The van der Waals surface area contributed by atoms with Crippen LogP contribution in [0.5, 0.6) is 0 Å². The number of nitrogens with zero attached hydrogens (tertiary/aromatic N) is 5. The van der Waals surface area contributed by atoms with Gasteiger partial charge in [-0.1, -0.05) is 0 Å². The molecule has 10 heteroatoms. The summed E-state index contributed by atoms with van der Waals surface area (Å²) in [5.74, 6) is -0.939. The van der Waals surface area contributed by atoms with E-state index in [2.05, 4.69) is 21.4 Å². The van der Waals surface area contributed by atoms with E-state index < -0.39 is 11.9 Å². The fourth-order valence-electron chi connectivity index (χ4n) is 2.62. The van der Waals surface area contributed by atoms with E-state index in [1.807, 2.05) is 0 Å². The summed E-state index contributed by atoms with van der Waals surface area (Å²) < 4.78 is 14.2. The molecule has 3 heterocycles. The maximum absolute atomic E-state index is 13.0. The number of nitrogens with one attached hydrogen (secondary N) is 1. The van der Waals surface area contributed by atoms with Crippen LogP contribution in [0.3, 0.4) is 0 Å². The number of aryl methyl sites for hydroxylation is 1. The van der Waals surface area contributed by atoms with Crippen LogP contribution in [-0.4, -0.2) is 49.8 Å². The van der Waals surface area contributed by atoms with E-state index in [1.165, 1.54) is 17.3 Å². The molecule has 0 aromatic carbocycles. The number of rotatable bonds is 4. The molecule has 8 nitrogen and oxygen atoms in total. The third-order valence-electron chi connectivity index (χ3n) is 4.00. The first-order valence-electron chi connectivity index (χ1n) is 7.57. The summed E-state index contributed by atoms with van der Waals surface area (Å²) in [7, 11) is 0. The number of hydrogen-bond donors (Lipinski definition) is 1. The number of carbonyl (C=O) groups is 2. The highest BCUT2D eigenvalue weighted by Gasteiger charge is 2.33. The van der Waals surface area contributed by atoms with Crippen molar-refractivity contribution in [3.05, 3.63) is 23.7 Å². The van der Waals surface area contributed by atoms with Crippen molar-refractivity contribution in [2.24, 2.45) is 5.92 Å². The molecule has 0 aliphatic carbocycles. The van der Waals surface area contributed by atoms with Crippen LogP contribution < -0.4 is 5.32 Å². The van der Waals surface area contributed by atoms with Crippen LogP contribution in [0.2, 0.25) is 0 Å². The second kappa shape index (κ2) is 6.68. The van der Waals surface area contributed by atoms with Crippen LogP contribution in [0.1, 0.15) is 23.0 Å². The van der Waals surface area contributed by atoms with Gasteiger partial charge in [0.05, 0.1) is 29.4 Å². The number of halogens is 1. The maximum atomic E-state index is 13.0. The average molecular weight is 362 g/mol. The number of carbonyl (C=O) groups excluding carboxylic acids is 2. The quantitative estimate of drug-likeness (QED) is 0.877. The Balaban J connectivity index is 1.77. The van der Waals surface area contributed by atoms with Crippen LogP contribution in [0.15, 0.2) is 12.4 Å². The van der Waals surface area contributed by atoms with E-state index in [-0.39, 0.29) is 40.9 Å². The molecule has 1 atom stereocenters. The van der Waals surface area contributed by atoms with Crippen LogP contribution in [0.4, 0.5) is 3.89 Å². The van der Waals surface area contributed by atoms with Crippen molar-refractivity contribution in [2.45, 2.75) is 19.9 Å². The molecule has 1 aliphatic heterocycles. The van der Waals surface area contributed by atoms with E-state index in [1.54, 1.807) is 13.8 Å². The van der Waals surface area contributed by atoms with Crippen molar-refractivity contribution in [1.29, 1.82) is 5.26 Å². The SMILES string of the molecule is Cc1cnc2c(n1)c(C(=O)N[C@H](C)C(=O)N1CC(C#N)C1)cn2SF. The van der Waals surface area contributed by atoms with Gasteiger partial charge in [-0.15, -0.1) is 3.89 Å². The molecule has 25 heavy (non-hydrogen) atoms. The monoisotopic (exact) mass is 362 g/mol. The van der Waals surface area contributed by atoms with Gasteiger partial charge in [-0.25, -0.2) is 13.9 Å². The Bertz CT molecular complexity index is 886. The van der Waals surface area contributed by atoms with E-state index in [9.17, 15) is 13.5 Å². The number of likely N-dealkylation sites (tertiary alicyclic amines) is 1. The number of fused-ring (bicyclic) bond motifs is 1. The minimum absolute atomic E-state index is 0.0837. The number of nitriles is 1. The van der Waals surface area contributed by atoms with Crippen LogP contribution in [0.25, 0.3) is 11.2 Å². The second-order valence-corrected chi connectivity index (χ2v) is 6.42. The van der Waals surface area contributed by atoms with Crippen LogP contribution in [0, 0.1) is 24.2 Å². The number of aromatic nitrogens is 3. The summed E-state index contributed by atoms with van der Waals surface area (Å²) in [6, 6.07) is 1.33. The standard InChI is InChI=1S/C15H15FN6O2S/c1-8-4-18-13-12(19-8)11(7-22(13)25-16)14(23)20-9(2)15(24)21-5-10(3-17)6-21/h4,7,9-10H,5-6H2,1-2H3,(H,20,23)/t9-/m1/s1. The van der Waals surface area contributed by atoms with Gasteiger partial charge in [-0.3, -0.25) is 9.59 Å². The summed E-state index contributed by atoms with van der Waals surface area (Å²) in [6.45, 7) is 4.03. The zero-order chi connectivity index (χ0) is 18.1. The largest absolute Gasteiger partial charge is 0.340 e. The van der Waals surface area contributed by atoms with Gasteiger partial charge in [0.1, 0.15) is 11.6 Å². The zero-order valence-corrected chi connectivity index (χ0v) is 14.4. The second-order valence-electron chi connectivity index (χ2n) is 5.89. The summed E-state index contributed by atoms with van der Waals surface area (Å²) >= 11 is -0.0837. The molecule has 2 aromatic rings. The fourth-order valence-corrected chi connectivity index (χ4v) is 2.97. The minimum Gasteiger partial charge on any atom is -0.340 e. The Kier molecular flexibility index (Phi) is 4.59. The highest BCUT2D eigenvalue weighted by molar-refractivity contribution is 7.92. The molecule has 1 saturated heterocycles. The topological polar surface area (TPSA) is 104 Å². The zero-order valence-electron chi connectivity index (χ0n) is 13.6. The Hall–Kier alpha value is -2.67. The van der Waals surface area contributed by atoms with Crippen LogP contribution >= 0.6 is 12.3 Å². The first-order chi connectivity index (χ1) is 11.9. The third kappa shape index (κ3) is 3.15. The number of amides is 2. The van der Waals surface area contributed by atoms with Gasteiger partial charge in [0.15, 0.2) is 18.0 Å². The van der Waals surface area contributed by atoms with Crippen molar-refractivity contribution in [3.63, 3.8) is 0 Å². The molecular formula is C15H15FN6O2S. The molecule has 130 valence electrons. The normalized spacial score (nSPS) is 15.5. The van der Waals surface area contributed by atoms with Gasteiger partial charge < -0.3 is 10.2 Å². The van der Waals surface area contributed by atoms with Crippen molar-refractivity contribution in [1.82, 2.24) is 24.2 Å². The lowest BCUT2D eigenvalue weighted by molar-refractivity contribution is -0.137. The Morgan fingerprint density at radius 2 is 2.24 bits per heavy atom. The van der Waals surface area contributed by atoms with Gasteiger partial charge in [0.25, 0.3) is 5.91 Å². The van der Waals surface area contributed by atoms with Crippen molar-refractivity contribution >= 4 is 35.3 Å². The van der Waals surface area contributed by atoms with Gasteiger partial charge in [0, 0.05) is 19.3 Å². The summed E-state index contributed by atoms with van der Waals surface area (Å²) in [4.78, 5) is 34.6. The van der Waals surface area contributed by atoms with Crippen molar-refractivity contribution < 1.29 is 13.5 Å². The Morgan fingerprint density at radius 1 is 1.52 bits per heavy atom. The molecule has 0 spiro atoms. The summed E-state index contributed by atoms with van der Waals surface area (Å²) in [5.41, 5.74) is 1.25. The molecule has 0 saturated carbocycles. The lowest BCUT2D eigenvalue weighted by Gasteiger charge is -2.37. The highest BCUT2D eigenvalue weighted by Crippen LogP contribution is 2.23. The van der Waals surface area contributed by atoms with Crippen LogP contribution in [-0.2, 0) is 4.79 Å². The first kappa shape index (κ1) is 17.2. The van der Waals surface area contributed by atoms with Gasteiger partial charge in [-0.2, -0.15) is 5.26 Å². The minimum atomic E-state index is -0.763. The maximum Gasteiger partial charge on any atom is 0.255 e. The summed E-state index contributed by atoms with van der Waals surface area (Å²) in [6.07, 6.45) is 2.79. The molecule has 1 N–H and O–H groups in total. The fraction of sp³-hybridized carbons (Fsp3) is 0.400. The van der Waals surface area contributed by atoms with E-state index in [0.717, 1.165) is 3.97 Å². The lowest BCUT2D eigenvalue weighted by atomic mass is 10.0. The molecule has 1 fully saturated rings. The molecule has 3 rings (SSSR count). The Morgan fingerprint density at radius 3 is 2.88 bits per heavy atom. The molecule has 0 radical (unpaired) electrons. The van der Waals surface area contributed by atoms with Gasteiger partial charge in [-0.05, 0) is 13.8 Å². The van der Waals surface area contributed by atoms with Gasteiger partial charge >= 0.3 is 0 Å². The summed E-state index contributed by atoms with van der Waals surface area (Å²) in [5, 5.41) is 11.4. The predicted octanol–water partition coefficient (Wildman–Crippen LogP) is 1.22. The van der Waals surface area contributed by atoms with Crippen molar-refractivity contribution in [3.8, 4) is 6.07 Å². The number of hydrogen-bond acceptors (Lipinski definition) is 6. The third-order valence-corrected chi connectivity index (χ3v) is 4.42. The Labute approximate surface area is 147 Å². The predicted molar refractivity (Wildman–Crippen MR) is 89.0 cm³/mol. The molecule has 2 aromatic heterocycles. The van der Waals surface area contributed by atoms with E-state index in [0.29, 0.717) is 18.8 Å². The first-order valence-corrected chi connectivity index (χ1v) is 8.25. The molecule has 1 aliphatic rings. The van der Waals surface area contributed by atoms with Crippen molar-refractivity contribution in [2.75, 3.05) is 13.1 Å². The lowest BCUT2D eigenvalue weighted by Crippen LogP contribution is -2.55. The average Bonchev–Trinajstić information content (AvgIpc) is 2.91.